The maximum Gasteiger partial charge on any atom is 0.233 e. The summed E-state index contributed by atoms with van der Waals surface area (Å²) in [6.07, 6.45) is 6.44. The third-order valence-corrected chi connectivity index (χ3v) is 4.59. The van der Waals surface area contributed by atoms with Gasteiger partial charge in [0.2, 0.25) is 5.91 Å². The van der Waals surface area contributed by atoms with Gasteiger partial charge in [0.25, 0.3) is 0 Å². The van der Waals surface area contributed by atoms with Crippen LogP contribution in [-0.2, 0) is 4.79 Å². The Balaban J connectivity index is 2.41. The fourth-order valence-corrected chi connectivity index (χ4v) is 2.43. The van der Waals surface area contributed by atoms with Gasteiger partial charge in [0.05, 0.1) is 11.4 Å². The van der Waals surface area contributed by atoms with Crippen molar-refractivity contribution in [1.29, 1.82) is 0 Å². The molecule has 1 aliphatic rings. The number of carbonyl (C=O) groups excluding carboxylic acids is 1. The fourth-order valence-electron chi connectivity index (χ4n) is 2.26. The molecule has 94 valence electrons. The highest BCUT2D eigenvalue weighted by Crippen LogP contribution is 2.35. The van der Waals surface area contributed by atoms with Gasteiger partial charge in [-0.3, -0.25) is 4.79 Å². The first-order chi connectivity index (χ1) is 7.63. The molecule has 0 aromatic carbocycles. The Kier molecular flexibility index (Phi) is 5.76. The Hall–Kier alpha value is -0.0900. The van der Waals surface area contributed by atoms with E-state index in [2.05, 4.69) is 21.2 Å². The Morgan fingerprint density at radius 2 is 2.06 bits per heavy atom. The smallest absolute Gasteiger partial charge is 0.233 e. The summed E-state index contributed by atoms with van der Waals surface area (Å²) < 4.78 is 0. The normalized spacial score (nSPS) is 21.4. The number of hydrogen-bond donors (Lipinski definition) is 2. The molecule has 1 rings (SSSR count). The van der Waals surface area contributed by atoms with Gasteiger partial charge in [-0.25, -0.2) is 0 Å². The molecule has 1 unspecified atom stereocenters. The molecule has 1 fully saturated rings. The van der Waals surface area contributed by atoms with E-state index in [4.69, 9.17) is 0 Å². The highest BCUT2D eigenvalue weighted by Gasteiger charge is 2.32. The summed E-state index contributed by atoms with van der Waals surface area (Å²) in [5.41, 5.74) is -0.0611. The van der Waals surface area contributed by atoms with Crippen LogP contribution in [0.5, 0.6) is 0 Å². The van der Waals surface area contributed by atoms with Crippen molar-refractivity contribution in [3.63, 3.8) is 0 Å². The summed E-state index contributed by atoms with van der Waals surface area (Å²) in [6, 6.07) is 0. The Morgan fingerprint density at radius 3 is 2.56 bits per heavy atom. The van der Waals surface area contributed by atoms with Crippen LogP contribution in [0.4, 0.5) is 0 Å². The van der Waals surface area contributed by atoms with Gasteiger partial charge in [0, 0.05) is 12.0 Å². The largest absolute Gasteiger partial charge is 0.396 e. The Labute approximate surface area is 106 Å². The molecule has 4 heteroatoms. The van der Waals surface area contributed by atoms with Crippen molar-refractivity contribution in [2.45, 2.75) is 50.3 Å². The van der Waals surface area contributed by atoms with Gasteiger partial charge in [0.15, 0.2) is 0 Å². The van der Waals surface area contributed by atoms with Gasteiger partial charge in [0.1, 0.15) is 0 Å². The van der Waals surface area contributed by atoms with Crippen molar-refractivity contribution in [3.05, 3.63) is 0 Å². The lowest BCUT2D eigenvalue weighted by Gasteiger charge is -2.35. The molecular weight excluding hydrogens is 270 g/mol. The molecule has 0 heterocycles. The molecule has 16 heavy (non-hydrogen) atoms. The number of rotatable bonds is 5. The van der Waals surface area contributed by atoms with E-state index in [0.717, 1.165) is 19.3 Å². The number of hydrogen-bond acceptors (Lipinski definition) is 2. The quantitative estimate of drug-likeness (QED) is 0.763. The van der Waals surface area contributed by atoms with Crippen molar-refractivity contribution >= 4 is 21.8 Å². The number of carbonyl (C=O) groups is 1. The fraction of sp³-hybridized carbons (Fsp3) is 0.917. The zero-order valence-electron chi connectivity index (χ0n) is 9.97. The van der Waals surface area contributed by atoms with Crippen LogP contribution in [-0.4, -0.2) is 29.0 Å². The van der Waals surface area contributed by atoms with E-state index in [1.54, 1.807) is 0 Å². The van der Waals surface area contributed by atoms with Crippen LogP contribution in [0.3, 0.4) is 0 Å². The molecule has 0 saturated heterocycles. The molecule has 1 amide bonds. The molecule has 1 aliphatic carbocycles. The second-order valence-electron chi connectivity index (χ2n) is 4.81. The van der Waals surface area contributed by atoms with Crippen LogP contribution in [0.25, 0.3) is 0 Å². The summed E-state index contributed by atoms with van der Waals surface area (Å²) in [5, 5.41) is 12.4. The minimum Gasteiger partial charge on any atom is -0.396 e. The SMILES string of the molecule is CCC(Br)C(=O)NCC1(CO)CCCCC1. The molecule has 0 aromatic heterocycles. The molecular formula is C12H22BrNO2. The van der Waals surface area contributed by atoms with Gasteiger partial charge in [-0.1, -0.05) is 42.1 Å². The number of aliphatic hydroxyl groups excluding tert-OH is 1. The molecule has 0 aromatic rings. The third-order valence-electron chi connectivity index (χ3n) is 3.53. The van der Waals surface area contributed by atoms with Crippen molar-refractivity contribution < 1.29 is 9.90 Å². The predicted octanol–water partition coefficient (Wildman–Crippen LogP) is 2.22. The van der Waals surface area contributed by atoms with E-state index in [-0.39, 0.29) is 22.8 Å². The van der Waals surface area contributed by atoms with Gasteiger partial charge in [-0.2, -0.15) is 0 Å². The average molecular weight is 292 g/mol. The molecule has 0 spiro atoms. The van der Waals surface area contributed by atoms with E-state index in [1.807, 2.05) is 6.92 Å². The van der Waals surface area contributed by atoms with Crippen LogP contribution in [0.1, 0.15) is 45.4 Å². The molecule has 1 atom stereocenters. The monoisotopic (exact) mass is 291 g/mol. The Morgan fingerprint density at radius 1 is 1.44 bits per heavy atom. The number of halogens is 1. The van der Waals surface area contributed by atoms with Crippen molar-refractivity contribution in [2.75, 3.05) is 13.2 Å². The molecule has 0 aliphatic heterocycles. The first kappa shape index (κ1) is 14.0. The first-order valence-corrected chi connectivity index (χ1v) is 7.08. The molecule has 1 saturated carbocycles. The number of amides is 1. The molecule has 0 radical (unpaired) electrons. The topological polar surface area (TPSA) is 49.3 Å². The van der Waals surface area contributed by atoms with Gasteiger partial charge < -0.3 is 10.4 Å². The number of nitrogens with one attached hydrogen (secondary N) is 1. The van der Waals surface area contributed by atoms with Crippen LogP contribution in [0.15, 0.2) is 0 Å². The van der Waals surface area contributed by atoms with Crippen molar-refractivity contribution in [3.8, 4) is 0 Å². The standard InChI is InChI=1S/C12H22BrNO2/c1-2-10(13)11(16)14-8-12(9-15)6-4-3-5-7-12/h10,15H,2-9H2,1H3,(H,14,16). The summed E-state index contributed by atoms with van der Waals surface area (Å²) in [4.78, 5) is 11.5. The van der Waals surface area contributed by atoms with E-state index in [0.29, 0.717) is 6.54 Å². The summed E-state index contributed by atoms with van der Waals surface area (Å²) in [7, 11) is 0. The second kappa shape index (κ2) is 6.60. The zero-order valence-corrected chi connectivity index (χ0v) is 11.6. The van der Waals surface area contributed by atoms with Crippen LogP contribution >= 0.6 is 15.9 Å². The first-order valence-electron chi connectivity index (χ1n) is 6.16. The molecule has 2 N–H and O–H groups in total. The zero-order chi connectivity index (χ0) is 12.0. The van der Waals surface area contributed by atoms with Crippen LogP contribution in [0.2, 0.25) is 0 Å². The van der Waals surface area contributed by atoms with E-state index >= 15 is 0 Å². The lowest BCUT2D eigenvalue weighted by Crippen LogP contribution is -2.43. The Bertz CT molecular complexity index is 227. The van der Waals surface area contributed by atoms with E-state index in [1.165, 1.54) is 19.3 Å². The van der Waals surface area contributed by atoms with Crippen LogP contribution in [0, 0.1) is 5.41 Å². The maximum atomic E-state index is 11.6. The van der Waals surface area contributed by atoms with E-state index < -0.39 is 0 Å². The lowest BCUT2D eigenvalue weighted by molar-refractivity contribution is -0.121. The second-order valence-corrected chi connectivity index (χ2v) is 5.92. The summed E-state index contributed by atoms with van der Waals surface area (Å²) >= 11 is 3.33. The molecule has 0 bridgehead atoms. The molecule has 3 nitrogen and oxygen atoms in total. The van der Waals surface area contributed by atoms with Crippen molar-refractivity contribution in [2.24, 2.45) is 5.41 Å². The average Bonchev–Trinajstić information content (AvgIpc) is 2.36. The number of aliphatic hydroxyl groups is 1. The van der Waals surface area contributed by atoms with Gasteiger partial charge in [-0.05, 0) is 19.3 Å². The van der Waals surface area contributed by atoms with Crippen molar-refractivity contribution in [1.82, 2.24) is 5.32 Å². The third kappa shape index (κ3) is 3.74. The van der Waals surface area contributed by atoms with Gasteiger partial charge >= 0.3 is 0 Å². The minimum absolute atomic E-state index is 0.0425. The minimum atomic E-state index is -0.105. The highest BCUT2D eigenvalue weighted by molar-refractivity contribution is 9.10. The highest BCUT2D eigenvalue weighted by atomic mass is 79.9. The maximum absolute atomic E-state index is 11.6. The van der Waals surface area contributed by atoms with Gasteiger partial charge in [-0.15, -0.1) is 0 Å². The predicted molar refractivity (Wildman–Crippen MR) is 68.6 cm³/mol. The van der Waals surface area contributed by atoms with Crippen LogP contribution < -0.4 is 5.32 Å². The van der Waals surface area contributed by atoms with E-state index in [9.17, 15) is 9.90 Å². The number of alkyl halides is 1. The summed E-state index contributed by atoms with van der Waals surface area (Å²) in [6.45, 7) is 2.78. The summed E-state index contributed by atoms with van der Waals surface area (Å²) in [5.74, 6) is 0.0425. The lowest BCUT2D eigenvalue weighted by atomic mass is 9.74.